The Balaban J connectivity index is 3.28. The summed E-state index contributed by atoms with van der Waals surface area (Å²) in [6.45, 7) is 3.12. The van der Waals surface area contributed by atoms with Gasteiger partial charge in [0.15, 0.2) is 0 Å². The highest BCUT2D eigenvalue weighted by Crippen LogP contribution is 2.23. The largest absolute Gasteiger partial charge is 0.394 e. The van der Waals surface area contributed by atoms with E-state index in [2.05, 4.69) is 0 Å². The lowest BCUT2D eigenvalue weighted by molar-refractivity contribution is 0.206. The maximum atomic E-state index is 13.3. The summed E-state index contributed by atoms with van der Waals surface area (Å²) < 4.78 is 13.3. The number of aliphatic hydroxyl groups excluding tert-OH is 1. The second-order valence-electron chi connectivity index (χ2n) is 3.51. The minimum absolute atomic E-state index is 0.269. The van der Waals surface area contributed by atoms with E-state index in [1.807, 2.05) is 0 Å². The number of benzene rings is 1. The predicted molar refractivity (Wildman–Crippen MR) is 49.8 cm³/mol. The predicted octanol–water partition coefficient (Wildman–Crippen LogP) is 1.30. The van der Waals surface area contributed by atoms with Crippen LogP contribution in [-0.2, 0) is 5.54 Å². The summed E-state index contributed by atoms with van der Waals surface area (Å²) in [6, 6.07) is 4.75. The molecule has 0 aliphatic rings. The van der Waals surface area contributed by atoms with Crippen LogP contribution in [0.4, 0.5) is 4.39 Å². The molecule has 0 aliphatic carbocycles. The highest BCUT2D eigenvalue weighted by molar-refractivity contribution is 5.33. The topological polar surface area (TPSA) is 46.2 Å². The first-order valence-electron chi connectivity index (χ1n) is 4.14. The minimum atomic E-state index is -1.00. The van der Waals surface area contributed by atoms with Gasteiger partial charge < -0.3 is 10.8 Å². The zero-order valence-corrected chi connectivity index (χ0v) is 7.84. The van der Waals surface area contributed by atoms with E-state index in [-0.39, 0.29) is 12.4 Å². The van der Waals surface area contributed by atoms with Gasteiger partial charge in [0.25, 0.3) is 0 Å². The Morgan fingerprint density at radius 3 is 2.62 bits per heavy atom. The lowest BCUT2D eigenvalue weighted by Gasteiger charge is -2.24. The van der Waals surface area contributed by atoms with Gasteiger partial charge >= 0.3 is 0 Å². The first-order valence-corrected chi connectivity index (χ1v) is 4.14. The van der Waals surface area contributed by atoms with Crippen molar-refractivity contribution in [2.45, 2.75) is 19.4 Å². The monoisotopic (exact) mass is 183 g/mol. The summed E-state index contributed by atoms with van der Waals surface area (Å²) in [4.78, 5) is 0. The molecule has 0 spiro atoms. The maximum Gasteiger partial charge on any atom is 0.128 e. The SMILES string of the molecule is Cc1cccc(F)c1[C@@](C)(N)CO. The van der Waals surface area contributed by atoms with E-state index in [4.69, 9.17) is 10.8 Å². The third-order valence-corrected chi connectivity index (χ3v) is 2.12. The summed E-state index contributed by atoms with van der Waals surface area (Å²) in [5.74, 6) is -0.362. The van der Waals surface area contributed by atoms with E-state index in [1.54, 1.807) is 26.0 Å². The molecule has 0 aromatic heterocycles. The Hall–Kier alpha value is -0.930. The highest BCUT2D eigenvalue weighted by Gasteiger charge is 2.25. The molecule has 72 valence electrons. The van der Waals surface area contributed by atoms with E-state index >= 15 is 0 Å². The van der Waals surface area contributed by atoms with Crippen LogP contribution in [0.5, 0.6) is 0 Å². The average molecular weight is 183 g/mol. The molecule has 0 fully saturated rings. The number of hydrogen-bond donors (Lipinski definition) is 2. The standard InChI is InChI=1S/C10H14FNO/c1-7-4-3-5-8(11)9(7)10(2,12)6-13/h3-5,13H,6,12H2,1-2H3/t10-/m0/s1. The highest BCUT2D eigenvalue weighted by atomic mass is 19.1. The van der Waals surface area contributed by atoms with E-state index < -0.39 is 5.54 Å². The molecule has 1 atom stereocenters. The quantitative estimate of drug-likeness (QED) is 0.726. The second-order valence-corrected chi connectivity index (χ2v) is 3.51. The Kier molecular flexibility index (Phi) is 2.68. The molecule has 0 bridgehead atoms. The molecular weight excluding hydrogens is 169 g/mol. The molecule has 0 amide bonds. The van der Waals surface area contributed by atoms with Crippen LogP contribution in [0.1, 0.15) is 18.1 Å². The molecule has 1 aromatic carbocycles. The molecule has 3 heteroatoms. The van der Waals surface area contributed by atoms with Crippen LogP contribution >= 0.6 is 0 Å². The summed E-state index contributed by atoms with van der Waals surface area (Å²) in [5, 5.41) is 9.00. The Morgan fingerprint density at radius 1 is 1.54 bits per heavy atom. The molecule has 0 heterocycles. The molecule has 1 rings (SSSR count). The maximum absolute atomic E-state index is 13.3. The van der Waals surface area contributed by atoms with Crippen molar-refractivity contribution in [3.63, 3.8) is 0 Å². The molecular formula is C10H14FNO. The van der Waals surface area contributed by atoms with Gasteiger partial charge in [-0.05, 0) is 25.5 Å². The average Bonchev–Trinajstić information content (AvgIpc) is 2.03. The summed E-state index contributed by atoms with van der Waals surface area (Å²) >= 11 is 0. The number of aryl methyl sites for hydroxylation is 1. The van der Waals surface area contributed by atoms with Gasteiger partial charge in [-0.2, -0.15) is 0 Å². The molecule has 0 saturated heterocycles. The number of hydrogen-bond acceptors (Lipinski definition) is 2. The fourth-order valence-electron chi connectivity index (χ4n) is 1.43. The van der Waals surface area contributed by atoms with E-state index in [1.165, 1.54) is 6.07 Å². The van der Waals surface area contributed by atoms with Crippen LogP contribution in [0.2, 0.25) is 0 Å². The molecule has 0 unspecified atom stereocenters. The lowest BCUT2D eigenvalue weighted by Crippen LogP contribution is -2.38. The summed E-state index contributed by atoms with van der Waals surface area (Å²) in [7, 11) is 0. The van der Waals surface area contributed by atoms with Crippen LogP contribution in [0.3, 0.4) is 0 Å². The van der Waals surface area contributed by atoms with Crippen molar-refractivity contribution in [3.05, 3.63) is 35.1 Å². The van der Waals surface area contributed by atoms with Gasteiger partial charge in [0.1, 0.15) is 5.82 Å². The molecule has 13 heavy (non-hydrogen) atoms. The fourth-order valence-corrected chi connectivity index (χ4v) is 1.43. The second kappa shape index (κ2) is 3.44. The van der Waals surface area contributed by atoms with Gasteiger partial charge in [-0.3, -0.25) is 0 Å². The third-order valence-electron chi connectivity index (χ3n) is 2.12. The van der Waals surface area contributed by atoms with Gasteiger partial charge in [0.05, 0.1) is 12.1 Å². The zero-order valence-electron chi connectivity index (χ0n) is 7.84. The Labute approximate surface area is 77.2 Å². The molecule has 0 saturated carbocycles. The van der Waals surface area contributed by atoms with Crippen LogP contribution in [0.25, 0.3) is 0 Å². The van der Waals surface area contributed by atoms with E-state index in [0.29, 0.717) is 5.56 Å². The van der Waals surface area contributed by atoms with Crippen molar-refractivity contribution in [2.75, 3.05) is 6.61 Å². The van der Waals surface area contributed by atoms with Crippen molar-refractivity contribution >= 4 is 0 Å². The van der Waals surface area contributed by atoms with Crippen LogP contribution in [0.15, 0.2) is 18.2 Å². The van der Waals surface area contributed by atoms with E-state index in [9.17, 15) is 4.39 Å². The van der Waals surface area contributed by atoms with E-state index in [0.717, 1.165) is 5.56 Å². The van der Waals surface area contributed by atoms with Gasteiger partial charge in [-0.25, -0.2) is 4.39 Å². The van der Waals surface area contributed by atoms with Crippen molar-refractivity contribution < 1.29 is 9.50 Å². The van der Waals surface area contributed by atoms with Crippen LogP contribution in [-0.4, -0.2) is 11.7 Å². The van der Waals surface area contributed by atoms with Gasteiger partial charge in [-0.1, -0.05) is 12.1 Å². The summed E-state index contributed by atoms with van der Waals surface area (Å²) in [5.41, 5.74) is 5.89. The van der Waals surface area contributed by atoms with Crippen molar-refractivity contribution in [2.24, 2.45) is 5.73 Å². The van der Waals surface area contributed by atoms with Gasteiger partial charge in [-0.15, -0.1) is 0 Å². The van der Waals surface area contributed by atoms with Crippen LogP contribution < -0.4 is 5.73 Å². The first kappa shape index (κ1) is 10.2. The fraction of sp³-hybridized carbons (Fsp3) is 0.400. The van der Waals surface area contributed by atoms with Gasteiger partial charge in [0, 0.05) is 5.56 Å². The normalized spacial score (nSPS) is 15.5. The smallest absolute Gasteiger partial charge is 0.128 e. The lowest BCUT2D eigenvalue weighted by atomic mass is 9.90. The Morgan fingerprint density at radius 2 is 2.15 bits per heavy atom. The minimum Gasteiger partial charge on any atom is -0.394 e. The van der Waals surface area contributed by atoms with Crippen molar-refractivity contribution in [3.8, 4) is 0 Å². The number of nitrogens with two attached hydrogens (primary N) is 1. The number of rotatable bonds is 2. The zero-order chi connectivity index (χ0) is 10.1. The molecule has 1 aromatic rings. The third kappa shape index (κ3) is 1.87. The van der Waals surface area contributed by atoms with Crippen molar-refractivity contribution in [1.29, 1.82) is 0 Å². The molecule has 0 aliphatic heterocycles. The van der Waals surface area contributed by atoms with Crippen LogP contribution in [0, 0.1) is 12.7 Å². The van der Waals surface area contributed by atoms with Crippen molar-refractivity contribution in [1.82, 2.24) is 0 Å². The number of halogens is 1. The first-order chi connectivity index (χ1) is 5.99. The Bertz CT molecular complexity index is 290. The summed E-state index contributed by atoms with van der Waals surface area (Å²) in [6.07, 6.45) is 0. The van der Waals surface area contributed by atoms with Gasteiger partial charge in [0.2, 0.25) is 0 Å². The molecule has 0 radical (unpaired) electrons. The number of aliphatic hydroxyl groups is 1. The molecule has 2 nitrogen and oxygen atoms in total. The molecule has 3 N–H and O–H groups in total.